The maximum Gasteiger partial charge on any atom is 0.242 e. The molecule has 0 N–H and O–H groups in total. The van der Waals surface area contributed by atoms with Gasteiger partial charge in [-0.2, -0.15) is 0 Å². The highest BCUT2D eigenvalue weighted by atomic mass is 16.5. The van der Waals surface area contributed by atoms with Crippen molar-refractivity contribution in [1.82, 2.24) is 14.4 Å². The predicted molar refractivity (Wildman–Crippen MR) is 145 cm³/mol. The van der Waals surface area contributed by atoms with Crippen molar-refractivity contribution in [2.45, 2.75) is 91.3 Å². The Morgan fingerprint density at radius 3 is 2.58 bits per heavy atom. The number of hydrogen-bond acceptors (Lipinski definition) is 3. The number of rotatable bonds is 14. The predicted octanol–water partition coefficient (Wildman–Crippen LogP) is 5.88. The van der Waals surface area contributed by atoms with E-state index in [0.717, 1.165) is 36.3 Å². The fourth-order valence-electron chi connectivity index (χ4n) is 5.20. The van der Waals surface area contributed by atoms with Crippen LogP contribution in [0.2, 0.25) is 0 Å². The second-order valence-electron chi connectivity index (χ2n) is 10.3. The van der Waals surface area contributed by atoms with Crippen molar-refractivity contribution in [3.05, 3.63) is 53.9 Å². The second-order valence-corrected chi connectivity index (χ2v) is 10.3. The molecule has 1 saturated carbocycles. The SMILES string of the molecule is CCCN(CC(=O)N(Cc1cccn1Cc1cccc(OC)c1)C(C)CC)C(=O)CCC1CCCC1. The summed E-state index contributed by atoms with van der Waals surface area (Å²) in [5, 5.41) is 0. The Kier molecular flexibility index (Phi) is 10.9. The molecule has 1 aliphatic rings. The fourth-order valence-corrected chi connectivity index (χ4v) is 5.20. The highest BCUT2D eigenvalue weighted by Crippen LogP contribution is 2.28. The van der Waals surface area contributed by atoms with Gasteiger partial charge in [-0.25, -0.2) is 0 Å². The molecule has 1 atom stereocenters. The van der Waals surface area contributed by atoms with Gasteiger partial charge in [0.1, 0.15) is 5.75 Å². The van der Waals surface area contributed by atoms with E-state index in [-0.39, 0.29) is 24.4 Å². The van der Waals surface area contributed by atoms with Crippen LogP contribution in [0.5, 0.6) is 5.75 Å². The van der Waals surface area contributed by atoms with E-state index in [9.17, 15) is 9.59 Å². The van der Waals surface area contributed by atoms with Crippen molar-refractivity contribution < 1.29 is 14.3 Å². The van der Waals surface area contributed by atoms with Crippen LogP contribution in [0.25, 0.3) is 0 Å². The van der Waals surface area contributed by atoms with Crippen molar-refractivity contribution in [3.63, 3.8) is 0 Å². The zero-order valence-electron chi connectivity index (χ0n) is 22.7. The highest BCUT2D eigenvalue weighted by molar-refractivity contribution is 5.85. The lowest BCUT2D eigenvalue weighted by molar-refractivity contribution is -0.142. The smallest absolute Gasteiger partial charge is 0.242 e. The first-order chi connectivity index (χ1) is 17.4. The summed E-state index contributed by atoms with van der Waals surface area (Å²) in [6, 6.07) is 12.3. The van der Waals surface area contributed by atoms with Crippen molar-refractivity contribution >= 4 is 11.8 Å². The molecule has 0 aliphatic heterocycles. The van der Waals surface area contributed by atoms with Crippen molar-refractivity contribution in [1.29, 1.82) is 0 Å². The van der Waals surface area contributed by atoms with Crippen LogP contribution < -0.4 is 4.74 Å². The number of carbonyl (C=O) groups is 2. The van der Waals surface area contributed by atoms with Gasteiger partial charge in [0.15, 0.2) is 0 Å². The van der Waals surface area contributed by atoms with Crippen LogP contribution in [0.1, 0.15) is 83.4 Å². The Hall–Kier alpha value is -2.76. The molecular formula is C30H45N3O3. The number of hydrogen-bond donors (Lipinski definition) is 0. The molecule has 0 spiro atoms. The lowest BCUT2D eigenvalue weighted by atomic mass is 10.0. The lowest BCUT2D eigenvalue weighted by Crippen LogP contribution is -2.46. The molecule has 0 bridgehead atoms. The molecular weight excluding hydrogens is 450 g/mol. The van der Waals surface area contributed by atoms with Gasteiger partial charge >= 0.3 is 0 Å². The van der Waals surface area contributed by atoms with Crippen LogP contribution >= 0.6 is 0 Å². The molecule has 0 radical (unpaired) electrons. The minimum absolute atomic E-state index is 0.0288. The van der Waals surface area contributed by atoms with E-state index in [0.29, 0.717) is 32.0 Å². The van der Waals surface area contributed by atoms with Crippen LogP contribution in [-0.4, -0.2) is 52.4 Å². The quantitative estimate of drug-likeness (QED) is 0.329. The fraction of sp³-hybridized carbons (Fsp3) is 0.600. The molecule has 3 rings (SSSR count). The average molecular weight is 496 g/mol. The van der Waals surface area contributed by atoms with Crippen molar-refractivity contribution in [2.24, 2.45) is 5.92 Å². The third-order valence-electron chi connectivity index (χ3n) is 7.60. The standard InChI is InChI=1S/C30H45N3O3/c1-5-18-32(29(34)17-16-25-11-7-8-12-25)23-30(35)33(24(3)6-2)22-27-14-10-19-31(27)21-26-13-9-15-28(20-26)36-4/h9-10,13-15,19-20,24-25H,5-8,11-12,16-18,21-23H2,1-4H3. The van der Waals surface area contributed by atoms with Gasteiger partial charge in [0, 0.05) is 37.4 Å². The van der Waals surface area contributed by atoms with Gasteiger partial charge in [-0.3, -0.25) is 9.59 Å². The third-order valence-corrected chi connectivity index (χ3v) is 7.60. The molecule has 36 heavy (non-hydrogen) atoms. The maximum atomic E-state index is 13.6. The van der Waals surface area contributed by atoms with Crippen molar-refractivity contribution in [2.75, 3.05) is 20.2 Å². The van der Waals surface area contributed by atoms with E-state index >= 15 is 0 Å². The van der Waals surface area contributed by atoms with Crippen molar-refractivity contribution in [3.8, 4) is 5.75 Å². The molecule has 6 nitrogen and oxygen atoms in total. The molecule has 2 amide bonds. The number of carbonyl (C=O) groups excluding carboxylic acids is 2. The normalized spacial score (nSPS) is 14.6. The Bertz CT molecular complexity index is 964. The maximum absolute atomic E-state index is 13.6. The van der Waals surface area contributed by atoms with E-state index in [4.69, 9.17) is 4.74 Å². The summed E-state index contributed by atoms with van der Waals surface area (Å²) >= 11 is 0. The summed E-state index contributed by atoms with van der Waals surface area (Å²) in [5.74, 6) is 1.68. The van der Waals surface area contributed by atoms with Gasteiger partial charge in [0.05, 0.1) is 20.2 Å². The number of methoxy groups -OCH3 is 1. The number of amides is 2. The Labute approximate surface area is 217 Å². The molecule has 0 saturated heterocycles. The van der Waals surface area contributed by atoms with Gasteiger partial charge in [-0.15, -0.1) is 0 Å². The zero-order valence-corrected chi connectivity index (χ0v) is 22.7. The Balaban J connectivity index is 1.68. The first-order valence-electron chi connectivity index (χ1n) is 13.8. The van der Waals surface area contributed by atoms with Crippen LogP contribution in [-0.2, 0) is 22.7 Å². The first-order valence-corrected chi connectivity index (χ1v) is 13.8. The molecule has 1 heterocycles. The summed E-state index contributed by atoms with van der Waals surface area (Å²) in [5.41, 5.74) is 2.23. The molecule has 1 aliphatic carbocycles. The zero-order chi connectivity index (χ0) is 25.9. The van der Waals surface area contributed by atoms with Crippen LogP contribution in [0.4, 0.5) is 0 Å². The molecule has 1 fully saturated rings. The Morgan fingerprint density at radius 2 is 1.89 bits per heavy atom. The minimum atomic E-state index is 0.0288. The van der Waals surface area contributed by atoms with Gasteiger partial charge in [-0.1, -0.05) is 51.7 Å². The summed E-state index contributed by atoms with van der Waals surface area (Å²) in [7, 11) is 1.68. The van der Waals surface area contributed by atoms with E-state index in [1.54, 1.807) is 12.0 Å². The lowest BCUT2D eigenvalue weighted by Gasteiger charge is -2.32. The monoisotopic (exact) mass is 495 g/mol. The number of benzene rings is 1. The summed E-state index contributed by atoms with van der Waals surface area (Å²) in [6.45, 7) is 8.31. The van der Waals surface area contributed by atoms with Gasteiger partial charge in [0.25, 0.3) is 0 Å². The topological polar surface area (TPSA) is 54.8 Å². The summed E-state index contributed by atoms with van der Waals surface area (Å²) in [4.78, 5) is 30.4. The molecule has 1 aromatic heterocycles. The third kappa shape index (κ3) is 7.87. The number of nitrogens with zero attached hydrogens (tertiary/aromatic N) is 3. The average Bonchev–Trinajstić information content (AvgIpc) is 3.57. The summed E-state index contributed by atoms with van der Waals surface area (Å²) < 4.78 is 7.56. The van der Waals surface area contributed by atoms with E-state index < -0.39 is 0 Å². The minimum Gasteiger partial charge on any atom is -0.497 e. The van der Waals surface area contributed by atoms with E-state index in [2.05, 4.69) is 43.7 Å². The van der Waals surface area contributed by atoms with Crippen LogP contribution in [0.3, 0.4) is 0 Å². The molecule has 2 aromatic rings. The number of ether oxygens (including phenoxy) is 1. The van der Waals surface area contributed by atoms with Gasteiger partial charge in [0.2, 0.25) is 11.8 Å². The molecule has 1 aromatic carbocycles. The Morgan fingerprint density at radius 1 is 1.11 bits per heavy atom. The van der Waals surface area contributed by atoms with Gasteiger partial charge < -0.3 is 19.1 Å². The first kappa shape index (κ1) is 27.8. The summed E-state index contributed by atoms with van der Waals surface area (Å²) in [6.07, 6.45) is 10.4. The largest absolute Gasteiger partial charge is 0.497 e. The van der Waals surface area contributed by atoms with Crippen LogP contribution in [0.15, 0.2) is 42.6 Å². The molecule has 6 heteroatoms. The van der Waals surface area contributed by atoms with E-state index in [1.165, 1.54) is 25.7 Å². The highest BCUT2D eigenvalue weighted by Gasteiger charge is 2.25. The second kappa shape index (κ2) is 14.1. The molecule has 1 unspecified atom stereocenters. The van der Waals surface area contributed by atoms with Crippen LogP contribution in [0, 0.1) is 5.92 Å². The number of aromatic nitrogens is 1. The molecule has 198 valence electrons. The van der Waals surface area contributed by atoms with E-state index in [1.807, 2.05) is 29.2 Å². The van der Waals surface area contributed by atoms with Gasteiger partial charge in [-0.05, 0) is 61.9 Å².